The topological polar surface area (TPSA) is 18.5 Å². The fourth-order valence-electron chi connectivity index (χ4n) is 1.25. The van der Waals surface area contributed by atoms with Crippen LogP contribution in [0.1, 0.15) is 12.0 Å². The molecule has 0 amide bonds. The van der Waals surface area contributed by atoms with Gasteiger partial charge in [0.2, 0.25) is 0 Å². The summed E-state index contributed by atoms with van der Waals surface area (Å²) in [5.41, 5.74) is 1.20. The first-order valence-corrected chi connectivity index (χ1v) is 4.40. The summed E-state index contributed by atoms with van der Waals surface area (Å²) in [4.78, 5) is 0. The van der Waals surface area contributed by atoms with Gasteiger partial charge in [-0.3, -0.25) is 0 Å². The standard InChI is InChI=1S/C11H15O2.ClH.Mg/c1-12-9-5-7-10-6-3-4-8-11(10)13-2;;/h4,6,8H,5,7,9H2,1-2H3;1H;/q-1;;+2/p-1. The van der Waals surface area contributed by atoms with Gasteiger partial charge in [0.25, 0.3) is 0 Å². The summed E-state index contributed by atoms with van der Waals surface area (Å²) >= 11 is 0. The number of hydrogen-bond acceptors (Lipinski definition) is 2. The van der Waals surface area contributed by atoms with Crippen LogP contribution in [0.4, 0.5) is 0 Å². The molecule has 0 saturated heterocycles. The van der Waals surface area contributed by atoms with E-state index in [1.165, 1.54) is 5.56 Å². The molecule has 1 rings (SSSR count). The van der Waals surface area contributed by atoms with E-state index < -0.39 is 0 Å². The number of aryl methyl sites for hydroxylation is 1. The molecule has 0 spiro atoms. The molecule has 0 heterocycles. The van der Waals surface area contributed by atoms with Crippen molar-refractivity contribution in [2.45, 2.75) is 12.8 Å². The second-order valence-corrected chi connectivity index (χ2v) is 2.83. The maximum absolute atomic E-state index is 5.22. The Labute approximate surface area is 114 Å². The van der Waals surface area contributed by atoms with Crippen LogP contribution in [0.5, 0.6) is 5.75 Å². The predicted molar refractivity (Wildman–Crippen MR) is 57.8 cm³/mol. The van der Waals surface area contributed by atoms with Gasteiger partial charge in [0.1, 0.15) is 0 Å². The molecule has 2 nitrogen and oxygen atoms in total. The molecule has 1 aromatic rings. The van der Waals surface area contributed by atoms with Crippen LogP contribution < -0.4 is 17.1 Å². The van der Waals surface area contributed by atoms with Gasteiger partial charge in [-0.15, -0.1) is 11.6 Å². The fraction of sp³-hybridized carbons (Fsp3) is 0.455. The minimum atomic E-state index is 0. The Kier molecular flexibility index (Phi) is 12.3. The van der Waals surface area contributed by atoms with Crippen LogP contribution in [-0.2, 0) is 11.2 Å². The maximum atomic E-state index is 5.22. The largest absolute Gasteiger partial charge is 2.00 e. The molecule has 4 heteroatoms. The number of methoxy groups -OCH3 is 2. The van der Waals surface area contributed by atoms with Crippen molar-refractivity contribution < 1.29 is 21.9 Å². The number of hydrogen-bond donors (Lipinski definition) is 0. The summed E-state index contributed by atoms with van der Waals surface area (Å²) in [7, 11) is 3.41. The van der Waals surface area contributed by atoms with E-state index in [1.54, 1.807) is 14.2 Å². The van der Waals surface area contributed by atoms with Gasteiger partial charge in [0.05, 0.1) is 7.11 Å². The van der Waals surface area contributed by atoms with Gasteiger partial charge in [-0.2, -0.15) is 18.2 Å². The van der Waals surface area contributed by atoms with Crippen LogP contribution in [0.25, 0.3) is 0 Å². The van der Waals surface area contributed by atoms with E-state index in [1.807, 2.05) is 18.2 Å². The number of ether oxygens (including phenoxy) is 2. The van der Waals surface area contributed by atoms with Crippen molar-refractivity contribution >= 4 is 23.1 Å². The van der Waals surface area contributed by atoms with Crippen molar-refractivity contribution in [2.24, 2.45) is 0 Å². The molecular formula is C11H15ClMgO2. The maximum Gasteiger partial charge on any atom is 2.00 e. The molecule has 0 bridgehead atoms. The molecule has 0 N–H and O–H groups in total. The summed E-state index contributed by atoms with van der Waals surface area (Å²) < 4.78 is 10.2. The summed E-state index contributed by atoms with van der Waals surface area (Å²) in [6.45, 7) is 0.790. The Morgan fingerprint density at radius 2 is 2.07 bits per heavy atom. The van der Waals surface area contributed by atoms with E-state index in [9.17, 15) is 0 Å². The van der Waals surface area contributed by atoms with Crippen LogP contribution >= 0.6 is 0 Å². The van der Waals surface area contributed by atoms with Crippen molar-refractivity contribution in [3.63, 3.8) is 0 Å². The zero-order chi connectivity index (χ0) is 9.52. The third-order valence-electron chi connectivity index (χ3n) is 1.92. The Hall–Kier alpha value is 0.0362. The molecule has 0 aliphatic rings. The van der Waals surface area contributed by atoms with Gasteiger partial charge < -0.3 is 21.9 Å². The van der Waals surface area contributed by atoms with E-state index in [2.05, 4.69) is 6.07 Å². The SMILES string of the molecule is COCCCc1c[c-]ccc1OC.[Cl-].[Mg+2]. The summed E-state index contributed by atoms with van der Waals surface area (Å²) in [5, 5.41) is 0. The van der Waals surface area contributed by atoms with Crippen LogP contribution in [0.15, 0.2) is 18.2 Å². The molecular weight excluding hydrogens is 224 g/mol. The van der Waals surface area contributed by atoms with Crippen molar-refractivity contribution in [1.29, 1.82) is 0 Å². The first-order chi connectivity index (χ1) is 6.38. The van der Waals surface area contributed by atoms with E-state index in [4.69, 9.17) is 9.47 Å². The van der Waals surface area contributed by atoms with Gasteiger partial charge in [-0.25, -0.2) is 0 Å². The quantitative estimate of drug-likeness (QED) is 0.361. The molecule has 0 aromatic heterocycles. The number of benzene rings is 1. The third-order valence-corrected chi connectivity index (χ3v) is 1.92. The van der Waals surface area contributed by atoms with Gasteiger partial charge in [-0.1, -0.05) is 6.42 Å². The molecule has 0 saturated carbocycles. The van der Waals surface area contributed by atoms with E-state index in [0.29, 0.717) is 0 Å². The van der Waals surface area contributed by atoms with Crippen LogP contribution in [-0.4, -0.2) is 43.9 Å². The predicted octanol–water partition coefficient (Wildman–Crippen LogP) is -1.30. The molecule has 0 radical (unpaired) electrons. The molecule has 0 fully saturated rings. The first kappa shape index (κ1) is 17.4. The normalized spacial score (nSPS) is 8.67. The third kappa shape index (κ3) is 6.25. The van der Waals surface area contributed by atoms with Gasteiger partial charge in [-0.05, 0) is 6.42 Å². The molecule has 0 aliphatic heterocycles. The van der Waals surface area contributed by atoms with Crippen molar-refractivity contribution in [1.82, 2.24) is 0 Å². The van der Waals surface area contributed by atoms with Crippen LogP contribution in [0.3, 0.4) is 0 Å². The Morgan fingerprint density at radius 3 is 2.67 bits per heavy atom. The molecule has 0 unspecified atom stereocenters. The van der Waals surface area contributed by atoms with Crippen LogP contribution in [0.2, 0.25) is 0 Å². The fourth-order valence-corrected chi connectivity index (χ4v) is 1.25. The second-order valence-electron chi connectivity index (χ2n) is 2.83. The van der Waals surface area contributed by atoms with Crippen LogP contribution in [0, 0.1) is 6.07 Å². The zero-order valence-electron chi connectivity index (χ0n) is 9.25. The monoisotopic (exact) mass is 238 g/mol. The summed E-state index contributed by atoms with van der Waals surface area (Å²) in [6, 6.07) is 8.80. The average Bonchev–Trinajstić information content (AvgIpc) is 2.19. The Morgan fingerprint density at radius 1 is 1.33 bits per heavy atom. The molecule has 1 aromatic carbocycles. The second kappa shape index (κ2) is 10.6. The molecule has 15 heavy (non-hydrogen) atoms. The minimum Gasteiger partial charge on any atom is -1.00 e. The van der Waals surface area contributed by atoms with E-state index in [-0.39, 0.29) is 35.5 Å². The Balaban J connectivity index is 0. The average molecular weight is 239 g/mol. The van der Waals surface area contributed by atoms with E-state index >= 15 is 0 Å². The van der Waals surface area contributed by atoms with Crippen molar-refractivity contribution in [3.05, 3.63) is 29.8 Å². The summed E-state index contributed by atoms with van der Waals surface area (Å²) in [6.07, 6.45) is 2.00. The van der Waals surface area contributed by atoms with E-state index in [0.717, 1.165) is 25.2 Å². The van der Waals surface area contributed by atoms with Gasteiger partial charge in [0, 0.05) is 19.5 Å². The first-order valence-electron chi connectivity index (χ1n) is 4.40. The summed E-state index contributed by atoms with van der Waals surface area (Å²) in [5.74, 6) is 0.940. The molecule has 80 valence electrons. The van der Waals surface area contributed by atoms with Gasteiger partial charge >= 0.3 is 23.1 Å². The number of halogens is 1. The van der Waals surface area contributed by atoms with Crippen molar-refractivity contribution in [3.8, 4) is 5.75 Å². The van der Waals surface area contributed by atoms with Gasteiger partial charge in [0.15, 0.2) is 0 Å². The van der Waals surface area contributed by atoms with Crippen molar-refractivity contribution in [2.75, 3.05) is 20.8 Å². The number of rotatable bonds is 5. The smallest absolute Gasteiger partial charge is 1.00 e. The Bertz CT molecular complexity index is 256. The minimum absolute atomic E-state index is 0. The molecule has 0 atom stereocenters. The molecule has 0 aliphatic carbocycles. The zero-order valence-corrected chi connectivity index (χ0v) is 11.4.